The molecule has 1 saturated carbocycles. The van der Waals surface area contributed by atoms with Crippen LogP contribution in [0.5, 0.6) is 0 Å². The van der Waals surface area contributed by atoms with Gasteiger partial charge >= 0.3 is 0 Å². The Morgan fingerprint density at radius 1 is 1.42 bits per heavy atom. The van der Waals surface area contributed by atoms with Crippen LogP contribution in [0.25, 0.3) is 0 Å². The standard InChI is InChI=1S/C12H22/c1-5-11-8-12(9(2)3)7-6-10(11)4/h10-12H,2,5-8H2,1,3-4H3/t10-,11-,12-/m0/s1. The highest BCUT2D eigenvalue weighted by Crippen LogP contribution is 2.37. The van der Waals surface area contributed by atoms with E-state index in [2.05, 4.69) is 27.4 Å². The third-order valence-corrected chi connectivity index (χ3v) is 3.58. The summed E-state index contributed by atoms with van der Waals surface area (Å²) in [6.07, 6.45) is 5.54. The van der Waals surface area contributed by atoms with Crippen LogP contribution in [0.15, 0.2) is 12.2 Å². The molecule has 0 radical (unpaired) electrons. The second kappa shape index (κ2) is 4.11. The van der Waals surface area contributed by atoms with Gasteiger partial charge < -0.3 is 0 Å². The van der Waals surface area contributed by atoms with Crippen LogP contribution in [0.1, 0.15) is 46.5 Å². The first kappa shape index (κ1) is 9.83. The van der Waals surface area contributed by atoms with Crippen LogP contribution in [0.2, 0.25) is 0 Å². The summed E-state index contributed by atoms with van der Waals surface area (Å²) in [5, 5.41) is 0. The van der Waals surface area contributed by atoms with Crippen molar-refractivity contribution in [2.24, 2.45) is 17.8 Å². The lowest BCUT2D eigenvalue weighted by molar-refractivity contribution is 0.207. The van der Waals surface area contributed by atoms with Crippen molar-refractivity contribution >= 4 is 0 Å². The van der Waals surface area contributed by atoms with E-state index in [1.54, 1.807) is 0 Å². The molecular formula is C12H22. The predicted molar refractivity (Wildman–Crippen MR) is 55.1 cm³/mol. The largest absolute Gasteiger partial charge is 0.0999 e. The lowest BCUT2D eigenvalue weighted by atomic mass is 9.72. The summed E-state index contributed by atoms with van der Waals surface area (Å²) in [6.45, 7) is 11.0. The second-order valence-corrected chi connectivity index (χ2v) is 4.50. The summed E-state index contributed by atoms with van der Waals surface area (Å²) < 4.78 is 0. The Hall–Kier alpha value is -0.260. The average Bonchev–Trinajstić information content (AvgIpc) is 2.05. The van der Waals surface area contributed by atoms with Gasteiger partial charge in [-0.1, -0.05) is 32.4 Å². The molecule has 0 unspecified atom stereocenters. The first-order valence-electron chi connectivity index (χ1n) is 5.30. The lowest BCUT2D eigenvalue weighted by Crippen LogP contribution is -2.22. The van der Waals surface area contributed by atoms with Crippen molar-refractivity contribution in [3.05, 3.63) is 12.2 Å². The monoisotopic (exact) mass is 166 g/mol. The topological polar surface area (TPSA) is 0 Å². The van der Waals surface area contributed by atoms with Crippen LogP contribution in [-0.2, 0) is 0 Å². The fourth-order valence-corrected chi connectivity index (χ4v) is 2.43. The fraction of sp³-hybridized carbons (Fsp3) is 0.833. The van der Waals surface area contributed by atoms with Crippen molar-refractivity contribution in [3.8, 4) is 0 Å². The van der Waals surface area contributed by atoms with E-state index in [0.717, 1.165) is 17.8 Å². The SMILES string of the molecule is C=C(C)[C@H]1CC[C@H](C)[C@@H](CC)C1. The van der Waals surface area contributed by atoms with Gasteiger partial charge in [-0.3, -0.25) is 0 Å². The molecule has 0 heteroatoms. The molecule has 0 heterocycles. The zero-order valence-corrected chi connectivity index (χ0v) is 8.77. The van der Waals surface area contributed by atoms with Gasteiger partial charge in [-0.2, -0.15) is 0 Å². The normalized spacial score (nSPS) is 36.4. The smallest absolute Gasteiger partial charge is 0.0206 e. The van der Waals surface area contributed by atoms with Gasteiger partial charge in [-0.05, 0) is 43.9 Å². The van der Waals surface area contributed by atoms with Crippen molar-refractivity contribution in [1.29, 1.82) is 0 Å². The molecule has 1 aliphatic rings. The van der Waals surface area contributed by atoms with Crippen molar-refractivity contribution in [1.82, 2.24) is 0 Å². The van der Waals surface area contributed by atoms with Crippen LogP contribution in [0.4, 0.5) is 0 Å². The van der Waals surface area contributed by atoms with E-state index in [1.165, 1.54) is 31.3 Å². The Bertz CT molecular complexity index is 157. The number of hydrogen-bond donors (Lipinski definition) is 0. The minimum atomic E-state index is 0.825. The van der Waals surface area contributed by atoms with Crippen molar-refractivity contribution < 1.29 is 0 Å². The first-order chi connectivity index (χ1) is 5.65. The van der Waals surface area contributed by atoms with E-state index in [9.17, 15) is 0 Å². The third kappa shape index (κ3) is 2.12. The molecule has 0 nitrogen and oxygen atoms in total. The second-order valence-electron chi connectivity index (χ2n) is 4.50. The Morgan fingerprint density at radius 2 is 2.08 bits per heavy atom. The van der Waals surface area contributed by atoms with E-state index in [-0.39, 0.29) is 0 Å². The van der Waals surface area contributed by atoms with Crippen molar-refractivity contribution in [2.45, 2.75) is 46.5 Å². The van der Waals surface area contributed by atoms with Crippen LogP contribution < -0.4 is 0 Å². The van der Waals surface area contributed by atoms with Gasteiger partial charge in [0.1, 0.15) is 0 Å². The minimum Gasteiger partial charge on any atom is -0.0999 e. The fourth-order valence-electron chi connectivity index (χ4n) is 2.43. The van der Waals surface area contributed by atoms with E-state index < -0.39 is 0 Å². The molecule has 0 N–H and O–H groups in total. The van der Waals surface area contributed by atoms with Gasteiger partial charge in [0.05, 0.1) is 0 Å². The minimum absolute atomic E-state index is 0.825. The summed E-state index contributed by atoms with van der Waals surface area (Å²) in [7, 11) is 0. The summed E-state index contributed by atoms with van der Waals surface area (Å²) in [5.41, 5.74) is 1.40. The maximum absolute atomic E-state index is 4.07. The van der Waals surface area contributed by atoms with E-state index in [0.29, 0.717) is 0 Å². The Balaban J connectivity index is 2.49. The predicted octanol–water partition coefficient (Wildman–Crippen LogP) is 4.02. The molecule has 0 aromatic heterocycles. The molecule has 0 spiro atoms. The summed E-state index contributed by atoms with van der Waals surface area (Å²) >= 11 is 0. The highest BCUT2D eigenvalue weighted by molar-refractivity contribution is 4.99. The molecule has 0 aromatic rings. The zero-order chi connectivity index (χ0) is 9.14. The van der Waals surface area contributed by atoms with Crippen LogP contribution >= 0.6 is 0 Å². The molecular weight excluding hydrogens is 144 g/mol. The molecule has 3 atom stereocenters. The number of rotatable bonds is 2. The van der Waals surface area contributed by atoms with Gasteiger partial charge in [-0.25, -0.2) is 0 Å². The maximum Gasteiger partial charge on any atom is -0.0206 e. The van der Waals surface area contributed by atoms with Crippen LogP contribution in [0.3, 0.4) is 0 Å². The van der Waals surface area contributed by atoms with E-state index in [4.69, 9.17) is 0 Å². The highest BCUT2D eigenvalue weighted by atomic mass is 14.3. The Morgan fingerprint density at radius 3 is 2.58 bits per heavy atom. The molecule has 0 amide bonds. The van der Waals surface area contributed by atoms with Gasteiger partial charge in [-0.15, -0.1) is 0 Å². The van der Waals surface area contributed by atoms with Gasteiger partial charge in [0.15, 0.2) is 0 Å². The molecule has 12 heavy (non-hydrogen) atoms. The molecule has 0 saturated heterocycles. The van der Waals surface area contributed by atoms with Gasteiger partial charge in [0.2, 0.25) is 0 Å². The molecule has 70 valence electrons. The first-order valence-corrected chi connectivity index (χ1v) is 5.30. The van der Waals surface area contributed by atoms with Gasteiger partial charge in [0, 0.05) is 0 Å². The zero-order valence-electron chi connectivity index (χ0n) is 8.77. The van der Waals surface area contributed by atoms with Crippen molar-refractivity contribution in [2.75, 3.05) is 0 Å². The lowest BCUT2D eigenvalue weighted by Gasteiger charge is -2.34. The molecule has 1 rings (SSSR count). The molecule has 1 aliphatic carbocycles. The number of allylic oxidation sites excluding steroid dienone is 1. The molecule has 0 bridgehead atoms. The molecule has 1 fully saturated rings. The summed E-state index contributed by atoms with van der Waals surface area (Å²) in [5.74, 6) is 2.73. The quantitative estimate of drug-likeness (QED) is 0.543. The average molecular weight is 166 g/mol. The number of hydrogen-bond acceptors (Lipinski definition) is 0. The summed E-state index contributed by atoms with van der Waals surface area (Å²) in [6, 6.07) is 0. The van der Waals surface area contributed by atoms with E-state index in [1.807, 2.05) is 0 Å². The Labute approximate surface area is 77.1 Å². The van der Waals surface area contributed by atoms with E-state index >= 15 is 0 Å². The summed E-state index contributed by atoms with van der Waals surface area (Å²) in [4.78, 5) is 0. The highest BCUT2D eigenvalue weighted by Gasteiger charge is 2.26. The molecule has 0 aliphatic heterocycles. The Kier molecular flexibility index (Phi) is 3.37. The maximum atomic E-state index is 4.07. The molecule has 0 aromatic carbocycles. The van der Waals surface area contributed by atoms with Gasteiger partial charge in [0.25, 0.3) is 0 Å². The van der Waals surface area contributed by atoms with Crippen LogP contribution in [0, 0.1) is 17.8 Å². The van der Waals surface area contributed by atoms with Crippen LogP contribution in [-0.4, -0.2) is 0 Å². The third-order valence-electron chi connectivity index (χ3n) is 3.58. The van der Waals surface area contributed by atoms with Crippen molar-refractivity contribution in [3.63, 3.8) is 0 Å².